The van der Waals surface area contributed by atoms with Crippen molar-refractivity contribution in [1.82, 2.24) is 29.0 Å². The fourth-order valence-electron chi connectivity index (χ4n) is 3.61. The molecule has 0 saturated carbocycles. The molecule has 0 atom stereocenters. The molecule has 1 aliphatic heterocycles. The van der Waals surface area contributed by atoms with Gasteiger partial charge in [0, 0.05) is 44.0 Å². The van der Waals surface area contributed by atoms with Crippen molar-refractivity contribution in [3.63, 3.8) is 0 Å². The van der Waals surface area contributed by atoms with Crippen LogP contribution in [0.3, 0.4) is 0 Å². The van der Waals surface area contributed by atoms with E-state index in [1.807, 2.05) is 42.5 Å². The number of hydrogen-bond donors (Lipinski definition) is 0. The molecule has 0 aliphatic carbocycles. The van der Waals surface area contributed by atoms with Gasteiger partial charge in [0.1, 0.15) is 11.5 Å². The number of aryl methyl sites for hydroxylation is 2. The highest BCUT2D eigenvalue weighted by atomic mass is 32.2. The molecule has 9 heteroatoms. The molecule has 3 aromatic rings. The predicted molar refractivity (Wildman–Crippen MR) is 111 cm³/mol. The number of amides is 1. The number of pyridine rings is 1. The highest BCUT2D eigenvalue weighted by Crippen LogP contribution is 2.19. The number of likely N-dealkylation sites (tertiary alicyclic amines) is 1. The van der Waals surface area contributed by atoms with Crippen LogP contribution < -0.4 is 5.56 Å². The van der Waals surface area contributed by atoms with Crippen molar-refractivity contribution < 1.29 is 4.79 Å². The van der Waals surface area contributed by atoms with E-state index >= 15 is 0 Å². The zero-order chi connectivity index (χ0) is 20.5. The number of nitrogens with zero attached hydrogens (tertiary/aromatic N) is 6. The summed E-state index contributed by atoms with van der Waals surface area (Å²) < 4.78 is 3.43. The Balaban J connectivity index is 1.55. The van der Waals surface area contributed by atoms with Gasteiger partial charge in [0.05, 0.1) is 5.75 Å². The number of carbonyl (C=O) groups excluding carboxylic acids is 1. The maximum atomic E-state index is 13.0. The van der Waals surface area contributed by atoms with E-state index < -0.39 is 0 Å². The highest BCUT2D eigenvalue weighted by Gasteiger charge is 2.20. The van der Waals surface area contributed by atoms with Crippen molar-refractivity contribution in [2.45, 2.75) is 38.3 Å². The van der Waals surface area contributed by atoms with E-state index in [2.05, 4.69) is 15.2 Å². The number of hydrogen-bond acceptors (Lipinski definition) is 6. The summed E-state index contributed by atoms with van der Waals surface area (Å²) >= 11 is 1.39. The Morgan fingerprint density at radius 3 is 2.72 bits per heavy atom. The quantitative estimate of drug-likeness (QED) is 0.594. The Morgan fingerprint density at radius 1 is 1.21 bits per heavy atom. The molecule has 29 heavy (non-hydrogen) atoms. The first-order valence-electron chi connectivity index (χ1n) is 9.72. The second-order valence-electron chi connectivity index (χ2n) is 7.38. The lowest BCUT2D eigenvalue weighted by Gasteiger charge is -2.14. The second kappa shape index (κ2) is 7.98. The van der Waals surface area contributed by atoms with Crippen molar-refractivity contribution in [3.05, 3.63) is 51.3 Å². The van der Waals surface area contributed by atoms with E-state index in [9.17, 15) is 9.59 Å². The molecule has 1 amide bonds. The van der Waals surface area contributed by atoms with Crippen molar-refractivity contribution >= 4 is 23.3 Å². The summed E-state index contributed by atoms with van der Waals surface area (Å²) in [6.45, 7) is 5.49. The molecule has 3 aromatic heterocycles. The van der Waals surface area contributed by atoms with Crippen LogP contribution in [0.4, 0.5) is 0 Å². The van der Waals surface area contributed by atoms with Gasteiger partial charge in [0.15, 0.2) is 5.16 Å². The molecule has 1 aliphatic rings. The number of aromatic nitrogens is 5. The Bertz CT molecular complexity index is 1130. The first-order valence-corrected chi connectivity index (χ1v) is 10.7. The average Bonchev–Trinajstić information content (AvgIpc) is 3.35. The summed E-state index contributed by atoms with van der Waals surface area (Å²) in [5, 5.41) is 9.16. The lowest BCUT2D eigenvalue weighted by atomic mass is 10.1. The summed E-state index contributed by atoms with van der Waals surface area (Å²) in [5.41, 5.74) is 2.85. The van der Waals surface area contributed by atoms with Crippen LogP contribution in [0.5, 0.6) is 0 Å². The molecule has 0 N–H and O–H groups in total. The lowest BCUT2D eigenvalue weighted by Crippen LogP contribution is -2.29. The Hall–Kier alpha value is -2.68. The van der Waals surface area contributed by atoms with E-state index in [1.165, 1.54) is 11.8 Å². The van der Waals surface area contributed by atoms with Gasteiger partial charge >= 0.3 is 0 Å². The van der Waals surface area contributed by atoms with E-state index in [0.29, 0.717) is 40.1 Å². The fraction of sp³-hybridized carbons (Fsp3) is 0.450. The predicted octanol–water partition coefficient (Wildman–Crippen LogP) is 1.75. The minimum Gasteiger partial charge on any atom is -0.342 e. The molecule has 8 nitrogen and oxygen atoms in total. The molecule has 4 rings (SSSR count). The van der Waals surface area contributed by atoms with Gasteiger partial charge in [0.2, 0.25) is 5.91 Å². The van der Waals surface area contributed by atoms with Crippen LogP contribution in [-0.4, -0.2) is 53.8 Å². The van der Waals surface area contributed by atoms with E-state index in [1.54, 1.807) is 10.6 Å². The topological polar surface area (TPSA) is 85.4 Å². The molecule has 0 bridgehead atoms. The first-order chi connectivity index (χ1) is 14.0. The van der Waals surface area contributed by atoms with E-state index in [0.717, 1.165) is 31.5 Å². The van der Waals surface area contributed by atoms with Gasteiger partial charge in [-0.05, 0) is 38.3 Å². The van der Waals surface area contributed by atoms with Crippen LogP contribution in [0.15, 0.2) is 28.3 Å². The number of rotatable bonds is 5. The Labute approximate surface area is 173 Å². The molecule has 1 saturated heterocycles. The number of thioether (sulfide) groups is 1. The first kappa shape index (κ1) is 19.6. The zero-order valence-corrected chi connectivity index (χ0v) is 17.7. The molecular formula is C20H24N6O2S. The lowest BCUT2D eigenvalue weighted by molar-refractivity contribution is -0.127. The van der Waals surface area contributed by atoms with Crippen LogP contribution in [0.1, 0.15) is 35.5 Å². The third-order valence-electron chi connectivity index (χ3n) is 5.39. The number of carbonyl (C=O) groups is 1. The summed E-state index contributed by atoms with van der Waals surface area (Å²) in [4.78, 5) is 31.8. The van der Waals surface area contributed by atoms with Gasteiger partial charge in [-0.25, -0.2) is 4.98 Å². The van der Waals surface area contributed by atoms with Gasteiger partial charge < -0.3 is 9.47 Å². The Morgan fingerprint density at radius 2 is 1.97 bits per heavy atom. The van der Waals surface area contributed by atoms with Gasteiger partial charge in [-0.1, -0.05) is 17.8 Å². The summed E-state index contributed by atoms with van der Waals surface area (Å²) in [6, 6.07) is 3.79. The van der Waals surface area contributed by atoms with Crippen molar-refractivity contribution in [3.8, 4) is 0 Å². The molecule has 4 heterocycles. The van der Waals surface area contributed by atoms with Gasteiger partial charge in [-0.2, -0.15) is 0 Å². The molecular weight excluding hydrogens is 388 g/mol. The van der Waals surface area contributed by atoms with E-state index in [-0.39, 0.29) is 11.5 Å². The van der Waals surface area contributed by atoms with Gasteiger partial charge in [0.25, 0.3) is 5.56 Å². The van der Waals surface area contributed by atoms with E-state index in [4.69, 9.17) is 0 Å². The van der Waals surface area contributed by atoms with Crippen LogP contribution in [0.25, 0.3) is 5.65 Å². The minimum atomic E-state index is -0.0855. The SMILES string of the molecule is Cc1nc2c(C)cccn2c(=O)c1Cc1nnc(SCC(=O)N2CCCC2)n1C. The van der Waals surface area contributed by atoms with Crippen molar-refractivity contribution in [2.24, 2.45) is 7.05 Å². The van der Waals surface area contributed by atoms with Gasteiger partial charge in [-0.15, -0.1) is 10.2 Å². The van der Waals surface area contributed by atoms with Crippen LogP contribution >= 0.6 is 11.8 Å². The molecule has 0 unspecified atom stereocenters. The molecule has 0 radical (unpaired) electrons. The molecule has 0 spiro atoms. The number of fused-ring (bicyclic) bond motifs is 1. The van der Waals surface area contributed by atoms with Crippen LogP contribution in [0, 0.1) is 13.8 Å². The van der Waals surface area contributed by atoms with Crippen LogP contribution in [0.2, 0.25) is 0 Å². The minimum absolute atomic E-state index is 0.0855. The van der Waals surface area contributed by atoms with Gasteiger partial charge in [-0.3, -0.25) is 14.0 Å². The average molecular weight is 413 g/mol. The largest absolute Gasteiger partial charge is 0.342 e. The molecule has 1 fully saturated rings. The normalized spacial score (nSPS) is 14.1. The fourth-order valence-corrected chi connectivity index (χ4v) is 4.44. The van der Waals surface area contributed by atoms with Crippen molar-refractivity contribution in [2.75, 3.05) is 18.8 Å². The third-order valence-corrected chi connectivity index (χ3v) is 6.40. The monoisotopic (exact) mass is 412 g/mol. The van der Waals surface area contributed by atoms with Crippen LogP contribution in [-0.2, 0) is 18.3 Å². The summed E-state index contributed by atoms with van der Waals surface area (Å²) in [6.07, 6.45) is 4.25. The maximum absolute atomic E-state index is 13.0. The summed E-state index contributed by atoms with van der Waals surface area (Å²) in [7, 11) is 1.86. The Kier molecular flexibility index (Phi) is 5.40. The van der Waals surface area contributed by atoms with Crippen molar-refractivity contribution in [1.29, 1.82) is 0 Å². The molecule has 152 valence electrons. The maximum Gasteiger partial charge on any atom is 0.261 e. The second-order valence-corrected chi connectivity index (χ2v) is 8.32. The standard InChI is InChI=1S/C20H24N6O2S/c1-13-7-6-10-26-18(13)21-14(2)15(19(26)28)11-16-22-23-20(24(16)3)29-12-17(27)25-8-4-5-9-25/h6-7,10H,4-5,8-9,11-12H2,1-3H3. The molecule has 0 aromatic carbocycles. The summed E-state index contributed by atoms with van der Waals surface area (Å²) in [5.74, 6) is 1.17. The zero-order valence-electron chi connectivity index (χ0n) is 16.9. The highest BCUT2D eigenvalue weighted by molar-refractivity contribution is 7.99. The smallest absolute Gasteiger partial charge is 0.261 e. The third kappa shape index (κ3) is 3.78.